The van der Waals surface area contributed by atoms with Gasteiger partial charge in [0.15, 0.2) is 11.8 Å². The van der Waals surface area contributed by atoms with Crippen LogP contribution in [0.15, 0.2) is 461 Å². The van der Waals surface area contributed by atoms with Gasteiger partial charge in [-0.2, -0.15) is 72.8 Å². The first kappa shape index (κ1) is 122. The molecular formula is C100H92Ag6Fe4O2P4-10. The normalized spacial score (nSPS) is 8.52. The summed E-state index contributed by atoms with van der Waals surface area (Å²) in [5.41, 5.74) is 3.39. The molecule has 0 aliphatic carbocycles. The number of aliphatic hydroxyl groups is 2. The van der Waals surface area contributed by atoms with Gasteiger partial charge in [0.25, 0.3) is 0 Å². The summed E-state index contributed by atoms with van der Waals surface area (Å²) < 4.78 is 0. The van der Waals surface area contributed by atoms with Gasteiger partial charge in [0.1, 0.15) is 74.1 Å². The number of aliphatic hydroxyl groups excluding tert-OH is 2. The SMILES string of the molecule is CO.CO.[Ag+].[Ag+].[Ag].[Ag].[Ag].[Ag].[C-]#C[c-]1[cH-][cH-][cH-][cH-]1.[C-]#C[c-]1cccc1.[C-]#C[c-]1cccc1.[C-]#C[c-]1cccc1.[Fe].[Fe].[Fe].[Fe].c1cc[cH-]c1.c1cc[cH-]c1.c1cc[cH-]c1.c1cc[cH-]c1.c1ccc([PH+](C[PH+](c2ccccc2)c2ccccc2)c2ccccc2)cc1.c1ccc([PH+](C[PH+](c2ccccc2)c2ccccc2)c2ccccc2)cc1. The van der Waals surface area contributed by atoms with Crippen molar-refractivity contribution in [2.75, 3.05) is 26.0 Å². The van der Waals surface area contributed by atoms with Crippen LogP contribution in [0.2, 0.25) is 0 Å². The zero-order valence-corrected chi connectivity index (χ0v) is 80.7. The average molecular weight is 2320 g/mol. The topological polar surface area (TPSA) is 40.5 Å². The molecule has 16 aromatic carbocycles. The smallest absolute Gasteiger partial charge is 0.938 e. The first-order valence-electron chi connectivity index (χ1n) is 34.6. The Morgan fingerprint density at radius 2 is 0.388 bits per heavy atom. The van der Waals surface area contributed by atoms with Crippen LogP contribution in [-0.4, -0.2) is 36.2 Å². The van der Waals surface area contributed by atoms with Crippen LogP contribution in [0.5, 0.6) is 0 Å². The minimum absolute atomic E-state index is 0. The summed E-state index contributed by atoms with van der Waals surface area (Å²) in [6.07, 6.45) is 26.4. The van der Waals surface area contributed by atoms with E-state index < -0.39 is 31.7 Å². The summed E-state index contributed by atoms with van der Waals surface area (Å²) in [5.74, 6) is 11.5. The molecule has 16 aromatic rings. The van der Waals surface area contributed by atoms with E-state index in [-0.39, 0.29) is 203 Å². The third-order valence-electron chi connectivity index (χ3n) is 15.1. The van der Waals surface area contributed by atoms with Crippen LogP contribution >= 0.6 is 31.7 Å². The molecule has 0 fully saturated rings. The molecule has 0 heterocycles. The summed E-state index contributed by atoms with van der Waals surface area (Å²) in [4.78, 5) is 0. The van der Waals surface area contributed by atoms with Crippen molar-refractivity contribution < 1.29 is 213 Å². The van der Waals surface area contributed by atoms with Gasteiger partial charge in [-0.05, 0) is 97.1 Å². The van der Waals surface area contributed by atoms with Gasteiger partial charge in [0, 0.05) is 172 Å². The van der Waals surface area contributed by atoms with Gasteiger partial charge in [-0.15, -0.1) is 0 Å². The molecule has 2 nitrogen and oxygen atoms in total. The molecule has 0 aromatic heterocycles. The van der Waals surface area contributed by atoms with Crippen molar-refractivity contribution in [3.05, 3.63) is 509 Å². The standard InChI is InChI=1S/2C25H22P2.4C7H4.4C5H5.2CH4O.6Ag.4Fe/c2*1-5-13-22(14-6-1)26(23-15-7-2-8-16-23)21-27(24-17-9-3-10-18-24)25-19-11-4-12-20-25;4*1-2-7-5-3-4-6-7;4*1-2-4-5-3-1;2*1-2;;;;;;;;;;/h2*1-20H,21H2;4*3-6H;4*1-5H;2*2H,1H3;;;;;;;;;;/q;;-6;3*-2;4*-1;;;;;;;2*+1;;;;/p+4. The van der Waals surface area contributed by atoms with Crippen LogP contribution in [0.25, 0.3) is 0 Å². The van der Waals surface area contributed by atoms with Gasteiger partial charge in [-0.1, -0.05) is 182 Å². The van der Waals surface area contributed by atoms with Crippen molar-refractivity contribution in [1.29, 1.82) is 0 Å². The molecule has 116 heavy (non-hydrogen) atoms. The molecule has 0 amide bonds. The number of rotatable bonds is 12. The van der Waals surface area contributed by atoms with Gasteiger partial charge in [-0.3, -0.25) is 0 Å². The monoisotopic (exact) mass is 2310 g/mol. The molecule has 16 heteroatoms. The van der Waals surface area contributed by atoms with Crippen molar-refractivity contribution in [2.45, 2.75) is 0 Å². The Labute approximate surface area is 834 Å². The zero-order valence-electron chi connectivity index (χ0n) is 63.4. The van der Waals surface area contributed by atoms with Crippen LogP contribution in [0.1, 0.15) is 22.3 Å². The predicted octanol–water partition coefficient (Wildman–Crippen LogP) is 19.5. The maximum absolute atomic E-state index is 7.00. The second-order valence-electron chi connectivity index (χ2n) is 22.2. The Bertz CT molecular complexity index is 3830. The van der Waals surface area contributed by atoms with Crippen LogP contribution in [0, 0.1) is 49.4 Å². The maximum Gasteiger partial charge on any atom is 1.00 e. The fourth-order valence-corrected chi connectivity index (χ4v) is 25.5. The second kappa shape index (κ2) is 83.6. The molecule has 0 saturated carbocycles. The van der Waals surface area contributed by atoms with E-state index in [1.54, 1.807) is 0 Å². The molecule has 0 aliphatic heterocycles. The molecule has 0 bridgehead atoms. The minimum Gasteiger partial charge on any atom is -0.938 e. The van der Waals surface area contributed by atoms with Gasteiger partial charge >= 0.3 is 44.8 Å². The van der Waals surface area contributed by atoms with Crippen LogP contribution in [0.4, 0.5) is 0 Å². The zero-order chi connectivity index (χ0) is 75.2. The first-order chi connectivity index (χ1) is 52.6. The molecule has 632 valence electrons. The third-order valence-corrected chi connectivity index (χ3v) is 29.0. The van der Waals surface area contributed by atoms with Crippen molar-refractivity contribution >= 4 is 74.1 Å². The molecule has 0 saturated heterocycles. The van der Waals surface area contributed by atoms with Crippen molar-refractivity contribution in [1.82, 2.24) is 0 Å². The van der Waals surface area contributed by atoms with E-state index in [1.165, 1.54) is 54.2 Å². The van der Waals surface area contributed by atoms with E-state index in [4.69, 9.17) is 35.9 Å². The van der Waals surface area contributed by atoms with E-state index in [0.717, 1.165) is 36.5 Å². The van der Waals surface area contributed by atoms with Crippen LogP contribution < -0.4 is 42.4 Å². The summed E-state index contributed by atoms with van der Waals surface area (Å²) in [7, 11) is -1.39. The first-order valence-corrected chi connectivity index (χ1v) is 41.4. The van der Waals surface area contributed by atoms with Crippen LogP contribution in [-0.2, 0) is 203 Å². The molecule has 0 spiro atoms. The van der Waals surface area contributed by atoms with E-state index in [9.17, 15) is 0 Å². The Hall–Kier alpha value is -5.04. The van der Waals surface area contributed by atoms with E-state index >= 15 is 0 Å². The number of hydrogen-bond donors (Lipinski definition) is 2. The predicted molar refractivity (Wildman–Crippen MR) is 469 cm³/mol. The summed E-state index contributed by atoms with van der Waals surface area (Å²) in [6, 6.07) is 159. The quantitative estimate of drug-likeness (QED) is 0.0554. The molecule has 0 unspecified atom stereocenters. The maximum atomic E-state index is 7.00. The third kappa shape index (κ3) is 52.9. The summed E-state index contributed by atoms with van der Waals surface area (Å²) in [5, 5.41) is 26.0. The van der Waals surface area contributed by atoms with Crippen molar-refractivity contribution in [3.8, 4) is 23.7 Å². The van der Waals surface area contributed by atoms with E-state index in [2.05, 4.69) is 266 Å². The Morgan fingerprint density at radius 3 is 0.483 bits per heavy atom. The fourth-order valence-electron chi connectivity index (χ4n) is 10.1. The van der Waals surface area contributed by atoms with Crippen molar-refractivity contribution in [2.24, 2.45) is 0 Å². The van der Waals surface area contributed by atoms with E-state index in [0.29, 0.717) is 0 Å². The molecular weight excluding hydrogens is 2230 g/mol. The van der Waals surface area contributed by atoms with Gasteiger partial charge in [0.05, 0.1) is 0 Å². The second-order valence-corrected chi connectivity index (χ2v) is 33.5. The Balaban J connectivity index is -0.000000310. The summed E-state index contributed by atoms with van der Waals surface area (Å²) in [6.45, 7) is 0. The number of hydrogen-bond acceptors (Lipinski definition) is 2. The van der Waals surface area contributed by atoms with Gasteiger partial charge in [-0.25, -0.2) is 84.9 Å². The largest absolute Gasteiger partial charge is 1.00 e. The van der Waals surface area contributed by atoms with E-state index in [1.807, 2.05) is 218 Å². The fraction of sp³-hybridized carbons (Fsp3) is 0.0400. The minimum atomic E-state index is -0.847. The molecule has 0 aliphatic rings. The molecule has 16 rings (SSSR count). The summed E-state index contributed by atoms with van der Waals surface area (Å²) >= 11 is 0. The Kier molecular flexibility index (Phi) is 87.8. The van der Waals surface area contributed by atoms with Gasteiger partial charge in [0.2, 0.25) is 0 Å². The number of benzene rings is 8. The average Bonchev–Trinajstić information content (AvgIpc) is 1.50. The molecule has 2 N–H and O–H groups in total. The van der Waals surface area contributed by atoms with Crippen molar-refractivity contribution in [3.63, 3.8) is 0 Å². The molecule has 4 radical (unpaired) electrons. The Morgan fingerprint density at radius 1 is 0.241 bits per heavy atom. The van der Waals surface area contributed by atoms with Crippen LogP contribution in [0.3, 0.4) is 0 Å². The molecule has 0 atom stereocenters. The van der Waals surface area contributed by atoms with Gasteiger partial charge < -0.3 is 106 Å².